The van der Waals surface area contributed by atoms with Crippen molar-refractivity contribution in [2.24, 2.45) is 0 Å². The molecule has 86 valence electrons. The molecule has 0 saturated carbocycles. The van der Waals surface area contributed by atoms with Crippen molar-refractivity contribution in [3.8, 4) is 0 Å². The number of alkyl halides is 2. The van der Waals surface area contributed by atoms with E-state index in [0.29, 0.717) is 11.1 Å². The number of benzene rings is 1. The molecular formula is C11H11Br2NO2. The molecule has 1 aromatic rings. The van der Waals surface area contributed by atoms with E-state index in [4.69, 9.17) is 0 Å². The molecule has 3 nitrogen and oxygen atoms in total. The third-order valence-electron chi connectivity index (χ3n) is 2.02. The molecule has 5 heteroatoms. The van der Waals surface area contributed by atoms with Crippen LogP contribution in [0, 0.1) is 0 Å². The molecule has 0 saturated heterocycles. The Labute approximate surface area is 111 Å². The molecule has 0 aromatic heterocycles. The highest BCUT2D eigenvalue weighted by molar-refractivity contribution is 9.25. The van der Waals surface area contributed by atoms with Gasteiger partial charge in [0.2, 0.25) is 0 Å². The second-order valence-corrected chi connectivity index (χ2v) is 6.50. The van der Waals surface area contributed by atoms with E-state index in [1.165, 1.54) is 4.90 Å². The van der Waals surface area contributed by atoms with Gasteiger partial charge in [0.1, 0.15) is 3.74 Å². The monoisotopic (exact) mass is 347 g/mol. The fourth-order valence-electron chi connectivity index (χ4n) is 1.16. The number of hydrogen-bond acceptors (Lipinski definition) is 2. The lowest BCUT2D eigenvalue weighted by atomic mass is 10.1. The minimum absolute atomic E-state index is 0.0659. The minimum atomic E-state index is -0.393. The summed E-state index contributed by atoms with van der Waals surface area (Å²) in [5, 5.41) is 0. The molecule has 0 unspecified atom stereocenters. The topological polar surface area (TPSA) is 37.4 Å². The summed E-state index contributed by atoms with van der Waals surface area (Å²) in [5.41, 5.74) is 1.14. The van der Waals surface area contributed by atoms with Crippen LogP contribution in [-0.4, -0.2) is 34.4 Å². The first-order valence-electron chi connectivity index (χ1n) is 4.57. The lowest BCUT2D eigenvalue weighted by molar-refractivity contribution is 0.0827. The standard InChI is InChI=1S/C11H11Br2NO2/c1-14(2)11(16)8-5-3-7(4-6-8)9(15)10(12)13/h3-6,10H,1-2H3. The summed E-state index contributed by atoms with van der Waals surface area (Å²) in [7, 11) is 3.38. The Hall–Kier alpha value is -0.680. The molecule has 1 amide bonds. The van der Waals surface area contributed by atoms with Crippen LogP contribution in [-0.2, 0) is 0 Å². The Kier molecular flexibility index (Phi) is 4.68. The van der Waals surface area contributed by atoms with E-state index in [-0.39, 0.29) is 11.7 Å². The van der Waals surface area contributed by atoms with Gasteiger partial charge in [-0.15, -0.1) is 0 Å². The fraction of sp³-hybridized carbons (Fsp3) is 0.273. The molecule has 1 aromatic carbocycles. The van der Waals surface area contributed by atoms with Crippen LogP contribution in [0.3, 0.4) is 0 Å². The molecule has 0 aliphatic rings. The smallest absolute Gasteiger partial charge is 0.253 e. The Morgan fingerprint density at radius 2 is 1.50 bits per heavy atom. The van der Waals surface area contributed by atoms with Gasteiger partial charge >= 0.3 is 0 Å². The zero-order chi connectivity index (χ0) is 12.3. The quantitative estimate of drug-likeness (QED) is 0.622. The Balaban J connectivity index is 2.92. The van der Waals surface area contributed by atoms with Crippen LogP contribution in [0.25, 0.3) is 0 Å². The molecule has 1 rings (SSSR count). The largest absolute Gasteiger partial charge is 0.345 e. The highest BCUT2D eigenvalue weighted by Gasteiger charge is 2.14. The van der Waals surface area contributed by atoms with Crippen molar-refractivity contribution in [1.82, 2.24) is 4.90 Å². The van der Waals surface area contributed by atoms with Crippen molar-refractivity contribution in [3.05, 3.63) is 35.4 Å². The lowest BCUT2D eigenvalue weighted by Crippen LogP contribution is -2.21. The highest BCUT2D eigenvalue weighted by atomic mass is 79.9. The van der Waals surface area contributed by atoms with Gasteiger partial charge in [0.05, 0.1) is 0 Å². The maximum atomic E-state index is 11.6. The third-order valence-corrected chi connectivity index (χ3v) is 2.85. The number of Topliss-reactive ketones (excluding diaryl/α,β-unsaturated/α-hetero) is 1. The number of hydrogen-bond donors (Lipinski definition) is 0. The first kappa shape index (κ1) is 13.4. The summed E-state index contributed by atoms with van der Waals surface area (Å²) in [6, 6.07) is 6.60. The van der Waals surface area contributed by atoms with Crippen molar-refractivity contribution >= 4 is 43.6 Å². The van der Waals surface area contributed by atoms with E-state index in [2.05, 4.69) is 31.9 Å². The maximum Gasteiger partial charge on any atom is 0.253 e. The van der Waals surface area contributed by atoms with Gasteiger partial charge in [-0.25, -0.2) is 0 Å². The second-order valence-electron chi connectivity index (χ2n) is 3.44. The van der Waals surface area contributed by atoms with Gasteiger partial charge in [-0.2, -0.15) is 0 Å². The fourth-order valence-corrected chi connectivity index (χ4v) is 1.69. The highest BCUT2D eigenvalue weighted by Crippen LogP contribution is 2.16. The van der Waals surface area contributed by atoms with Gasteiger partial charge in [0, 0.05) is 25.2 Å². The molecule has 0 heterocycles. The predicted molar refractivity (Wildman–Crippen MR) is 70.4 cm³/mol. The molecular weight excluding hydrogens is 338 g/mol. The van der Waals surface area contributed by atoms with E-state index in [1.54, 1.807) is 38.4 Å². The lowest BCUT2D eigenvalue weighted by Gasteiger charge is -2.10. The maximum absolute atomic E-state index is 11.6. The average molecular weight is 349 g/mol. The third kappa shape index (κ3) is 3.15. The number of ketones is 1. The van der Waals surface area contributed by atoms with Gasteiger partial charge in [-0.1, -0.05) is 44.0 Å². The summed E-state index contributed by atoms with van der Waals surface area (Å²) in [4.78, 5) is 24.6. The van der Waals surface area contributed by atoms with Gasteiger partial charge in [-0.05, 0) is 12.1 Å². The van der Waals surface area contributed by atoms with Crippen molar-refractivity contribution < 1.29 is 9.59 Å². The van der Waals surface area contributed by atoms with Crippen LogP contribution in [0.1, 0.15) is 20.7 Å². The normalized spacial score (nSPS) is 10.3. The van der Waals surface area contributed by atoms with Crippen molar-refractivity contribution in [2.75, 3.05) is 14.1 Å². The molecule has 16 heavy (non-hydrogen) atoms. The number of carbonyl (C=O) groups excluding carboxylic acids is 2. The Morgan fingerprint density at radius 1 is 1.06 bits per heavy atom. The van der Waals surface area contributed by atoms with E-state index >= 15 is 0 Å². The summed E-state index contributed by atoms with van der Waals surface area (Å²) in [5.74, 6) is -0.142. The zero-order valence-electron chi connectivity index (χ0n) is 8.91. The van der Waals surface area contributed by atoms with Gasteiger partial charge in [0.15, 0.2) is 5.78 Å². The number of carbonyl (C=O) groups is 2. The number of rotatable bonds is 3. The van der Waals surface area contributed by atoms with E-state index in [1.807, 2.05) is 0 Å². The van der Waals surface area contributed by atoms with Gasteiger partial charge < -0.3 is 4.90 Å². The first-order valence-corrected chi connectivity index (χ1v) is 6.40. The zero-order valence-corrected chi connectivity index (χ0v) is 12.1. The van der Waals surface area contributed by atoms with Crippen molar-refractivity contribution in [3.63, 3.8) is 0 Å². The first-order chi connectivity index (χ1) is 7.43. The summed E-state index contributed by atoms with van der Waals surface area (Å²) >= 11 is 6.28. The Bertz CT molecular complexity index is 360. The Morgan fingerprint density at radius 3 is 1.88 bits per heavy atom. The number of amides is 1. The molecule has 0 aliphatic carbocycles. The molecule has 0 fully saturated rings. The van der Waals surface area contributed by atoms with Crippen LogP contribution in [0.15, 0.2) is 24.3 Å². The molecule has 0 N–H and O–H groups in total. The van der Waals surface area contributed by atoms with E-state index in [9.17, 15) is 9.59 Å². The minimum Gasteiger partial charge on any atom is -0.345 e. The van der Waals surface area contributed by atoms with Crippen LogP contribution in [0.4, 0.5) is 0 Å². The van der Waals surface area contributed by atoms with E-state index < -0.39 is 3.74 Å². The number of nitrogens with zero attached hydrogens (tertiary/aromatic N) is 1. The molecule has 0 bridgehead atoms. The van der Waals surface area contributed by atoms with Crippen molar-refractivity contribution in [2.45, 2.75) is 3.74 Å². The molecule has 0 spiro atoms. The molecule has 0 atom stereocenters. The van der Waals surface area contributed by atoms with Crippen molar-refractivity contribution in [1.29, 1.82) is 0 Å². The summed E-state index contributed by atoms with van der Waals surface area (Å²) < 4.78 is -0.393. The van der Waals surface area contributed by atoms with Crippen LogP contribution in [0.2, 0.25) is 0 Å². The van der Waals surface area contributed by atoms with Gasteiger partial charge in [0.25, 0.3) is 5.91 Å². The second kappa shape index (κ2) is 5.59. The summed E-state index contributed by atoms with van der Waals surface area (Å²) in [6.45, 7) is 0. The average Bonchev–Trinajstić information content (AvgIpc) is 2.27. The van der Waals surface area contributed by atoms with Crippen LogP contribution in [0.5, 0.6) is 0 Å². The number of halogens is 2. The SMILES string of the molecule is CN(C)C(=O)c1ccc(C(=O)C(Br)Br)cc1. The molecule has 0 radical (unpaired) electrons. The predicted octanol–water partition coefficient (Wildman–Crippen LogP) is 2.69. The van der Waals surface area contributed by atoms with Gasteiger partial charge in [-0.3, -0.25) is 9.59 Å². The summed E-state index contributed by atoms with van der Waals surface area (Å²) in [6.07, 6.45) is 0. The van der Waals surface area contributed by atoms with E-state index in [0.717, 1.165) is 0 Å². The van der Waals surface area contributed by atoms with Crippen LogP contribution >= 0.6 is 31.9 Å². The molecule has 0 aliphatic heterocycles. The van der Waals surface area contributed by atoms with Crippen LogP contribution < -0.4 is 0 Å².